The second kappa shape index (κ2) is 4.80. The Morgan fingerprint density at radius 3 is 2.92 bits per heavy atom. The number of likely N-dealkylation sites (tertiary alicyclic amines) is 1. The molecular weight excluding hydrogens is 152 g/mol. The summed E-state index contributed by atoms with van der Waals surface area (Å²) in [6.45, 7) is 1.71. The lowest BCUT2D eigenvalue weighted by molar-refractivity contribution is 0.0375. The zero-order valence-electron chi connectivity index (χ0n) is 7.87. The third-order valence-corrected chi connectivity index (χ3v) is 2.73. The lowest BCUT2D eigenvalue weighted by Crippen LogP contribution is -2.45. The summed E-state index contributed by atoms with van der Waals surface area (Å²) in [5.74, 6) is 0. The second-order valence-electron chi connectivity index (χ2n) is 3.69. The summed E-state index contributed by atoms with van der Waals surface area (Å²) in [6, 6.07) is 0.349. The van der Waals surface area contributed by atoms with Gasteiger partial charge in [0.2, 0.25) is 0 Å². The van der Waals surface area contributed by atoms with Crippen LogP contribution < -0.4 is 5.73 Å². The summed E-state index contributed by atoms with van der Waals surface area (Å²) in [5, 5.41) is 9.72. The molecule has 3 nitrogen and oxygen atoms in total. The monoisotopic (exact) mass is 172 g/mol. The Morgan fingerprint density at radius 1 is 1.58 bits per heavy atom. The fraction of sp³-hybridized carbons (Fsp3) is 1.00. The maximum Gasteiger partial charge on any atom is 0.0707 e. The van der Waals surface area contributed by atoms with E-state index < -0.39 is 0 Å². The molecule has 2 atom stereocenters. The Kier molecular flexibility index (Phi) is 3.98. The first kappa shape index (κ1) is 9.96. The molecule has 12 heavy (non-hydrogen) atoms. The van der Waals surface area contributed by atoms with Crippen molar-refractivity contribution in [3.63, 3.8) is 0 Å². The Hall–Kier alpha value is -0.120. The quantitative estimate of drug-likeness (QED) is 0.638. The highest BCUT2D eigenvalue weighted by molar-refractivity contribution is 4.80. The van der Waals surface area contributed by atoms with Gasteiger partial charge in [0.05, 0.1) is 6.10 Å². The molecule has 1 saturated heterocycles. The second-order valence-corrected chi connectivity index (χ2v) is 3.69. The number of hydrogen-bond acceptors (Lipinski definition) is 3. The van der Waals surface area contributed by atoms with Gasteiger partial charge in [0.15, 0.2) is 0 Å². The Balaban J connectivity index is 2.36. The molecule has 0 amide bonds. The molecule has 3 N–H and O–H groups in total. The van der Waals surface area contributed by atoms with E-state index in [4.69, 9.17) is 5.73 Å². The lowest BCUT2D eigenvalue weighted by Gasteiger charge is -2.35. The zero-order valence-corrected chi connectivity index (χ0v) is 7.87. The van der Waals surface area contributed by atoms with E-state index in [1.165, 1.54) is 12.8 Å². The van der Waals surface area contributed by atoms with Gasteiger partial charge in [-0.25, -0.2) is 0 Å². The van der Waals surface area contributed by atoms with Crippen molar-refractivity contribution < 1.29 is 5.11 Å². The predicted molar refractivity (Wildman–Crippen MR) is 49.9 cm³/mol. The van der Waals surface area contributed by atoms with E-state index in [1.807, 2.05) is 0 Å². The topological polar surface area (TPSA) is 49.5 Å². The van der Waals surface area contributed by atoms with Gasteiger partial charge < -0.3 is 15.7 Å². The van der Waals surface area contributed by atoms with Crippen molar-refractivity contribution in [3.8, 4) is 0 Å². The number of likely N-dealkylation sites (N-methyl/N-ethyl adjacent to an activating group) is 1. The average molecular weight is 172 g/mol. The summed E-state index contributed by atoms with van der Waals surface area (Å²) >= 11 is 0. The van der Waals surface area contributed by atoms with Crippen LogP contribution in [0.4, 0.5) is 0 Å². The molecule has 0 saturated carbocycles. The van der Waals surface area contributed by atoms with Gasteiger partial charge in [0.25, 0.3) is 0 Å². The van der Waals surface area contributed by atoms with Crippen LogP contribution in [0.2, 0.25) is 0 Å². The van der Waals surface area contributed by atoms with E-state index >= 15 is 0 Å². The van der Waals surface area contributed by atoms with Crippen molar-refractivity contribution in [2.75, 3.05) is 20.1 Å². The largest absolute Gasteiger partial charge is 0.391 e. The minimum atomic E-state index is -0.222. The summed E-state index contributed by atoms with van der Waals surface area (Å²) in [7, 11) is 2.09. The molecule has 0 aromatic rings. The number of nitrogens with zero attached hydrogens (tertiary/aromatic N) is 1. The first-order valence-corrected chi connectivity index (χ1v) is 4.84. The molecule has 1 rings (SSSR count). The van der Waals surface area contributed by atoms with Gasteiger partial charge in [-0.1, -0.05) is 6.42 Å². The Labute approximate surface area is 74.5 Å². The molecule has 0 bridgehead atoms. The molecule has 3 heteroatoms. The molecule has 2 unspecified atom stereocenters. The standard InChI is InChI=1S/C9H20N2O/c1-11-7-3-2-4-8(11)9(12)5-6-10/h8-9,12H,2-7,10H2,1H3. The lowest BCUT2D eigenvalue weighted by atomic mass is 9.96. The van der Waals surface area contributed by atoms with Crippen LogP contribution in [0.25, 0.3) is 0 Å². The molecule has 0 radical (unpaired) electrons. The summed E-state index contributed by atoms with van der Waals surface area (Å²) < 4.78 is 0. The minimum Gasteiger partial charge on any atom is -0.391 e. The van der Waals surface area contributed by atoms with Crippen LogP contribution in [0.1, 0.15) is 25.7 Å². The highest BCUT2D eigenvalue weighted by Gasteiger charge is 2.24. The number of rotatable bonds is 3. The molecule has 0 aromatic heterocycles. The molecule has 0 spiro atoms. The van der Waals surface area contributed by atoms with Crippen LogP contribution in [-0.4, -0.2) is 42.3 Å². The van der Waals surface area contributed by atoms with Crippen molar-refractivity contribution in [1.29, 1.82) is 0 Å². The van der Waals surface area contributed by atoms with Crippen LogP contribution in [0, 0.1) is 0 Å². The normalized spacial score (nSPS) is 28.8. The molecule has 1 fully saturated rings. The highest BCUT2D eigenvalue weighted by Crippen LogP contribution is 2.18. The predicted octanol–water partition coefficient (Wildman–Crippen LogP) is 0.180. The molecule has 1 heterocycles. The first-order chi connectivity index (χ1) is 5.75. The van der Waals surface area contributed by atoms with Crippen molar-refractivity contribution in [1.82, 2.24) is 4.90 Å². The molecule has 0 aromatic carbocycles. The molecular formula is C9H20N2O. The summed E-state index contributed by atoms with van der Waals surface area (Å²) in [4.78, 5) is 2.25. The fourth-order valence-electron chi connectivity index (χ4n) is 1.95. The zero-order chi connectivity index (χ0) is 8.97. The van der Waals surface area contributed by atoms with E-state index in [1.54, 1.807) is 0 Å². The number of nitrogens with two attached hydrogens (primary N) is 1. The van der Waals surface area contributed by atoms with Gasteiger partial charge >= 0.3 is 0 Å². The van der Waals surface area contributed by atoms with Gasteiger partial charge in [-0.3, -0.25) is 0 Å². The van der Waals surface area contributed by atoms with Gasteiger partial charge in [-0.2, -0.15) is 0 Å². The number of aliphatic hydroxyl groups is 1. The Bertz CT molecular complexity index is 130. The number of hydrogen-bond donors (Lipinski definition) is 2. The molecule has 0 aliphatic carbocycles. The first-order valence-electron chi connectivity index (χ1n) is 4.84. The minimum absolute atomic E-state index is 0.222. The fourth-order valence-corrected chi connectivity index (χ4v) is 1.95. The van der Waals surface area contributed by atoms with Crippen LogP contribution >= 0.6 is 0 Å². The maximum atomic E-state index is 9.72. The molecule has 1 aliphatic heterocycles. The smallest absolute Gasteiger partial charge is 0.0707 e. The van der Waals surface area contributed by atoms with E-state index in [0.29, 0.717) is 12.6 Å². The van der Waals surface area contributed by atoms with Crippen molar-refractivity contribution in [2.45, 2.75) is 37.8 Å². The van der Waals surface area contributed by atoms with Gasteiger partial charge in [0, 0.05) is 6.04 Å². The van der Waals surface area contributed by atoms with Crippen LogP contribution in [-0.2, 0) is 0 Å². The third-order valence-electron chi connectivity index (χ3n) is 2.73. The van der Waals surface area contributed by atoms with E-state index in [-0.39, 0.29) is 6.10 Å². The SMILES string of the molecule is CN1CCCCC1C(O)CCN. The molecule has 1 aliphatic rings. The summed E-state index contributed by atoms with van der Waals surface area (Å²) in [5.41, 5.74) is 5.40. The van der Waals surface area contributed by atoms with E-state index in [2.05, 4.69) is 11.9 Å². The van der Waals surface area contributed by atoms with Crippen molar-refractivity contribution in [2.24, 2.45) is 5.73 Å². The van der Waals surface area contributed by atoms with Crippen molar-refractivity contribution >= 4 is 0 Å². The maximum absolute atomic E-state index is 9.72. The third kappa shape index (κ3) is 2.44. The summed E-state index contributed by atoms with van der Waals surface area (Å²) in [6.07, 6.45) is 4.14. The van der Waals surface area contributed by atoms with Crippen LogP contribution in [0.5, 0.6) is 0 Å². The van der Waals surface area contributed by atoms with Gasteiger partial charge in [0.1, 0.15) is 0 Å². The van der Waals surface area contributed by atoms with Gasteiger partial charge in [-0.15, -0.1) is 0 Å². The highest BCUT2D eigenvalue weighted by atomic mass is 16.3. The van der Waals surface area contributed by atoms with Crippen LogP contribution in [0.3, 0.4) is 0 Å². The van der Waals surface area contributed by atoms with E-state index in [0.717, 1.165) is 19.4 Å². The van der Waals surface area contributed by atoms with Gasteiger partial charge in [-0.05, 0) is 39.4 Å². The van der Waals surface area contributed by atoms with Crippen molar-refractivity contribution in [3.05, 3.63) is 0 Å². The molecule has 72 valence electrons. The van der Waals surface area contributed by atoms with Crippen LogP contribution in [0.15, 0.2) is 0 Å². The number of piperidine rings is 1. The average Bonchev–Trinajstić information content (AvgIpc) is 2.05. The van der Waals surface area contributed by atoms with E-state index in [9.17, 15) is 5.11 Å². The Morgan fingerprint density at radius 2 is 2.33 bits per heavy atom. The number of aliphatic hydroxyl groups excluding tert-OH is 1.